The standard InChI is InChI=1S/C13H18ClNO2/c1-3-15(4-2)13(16)17-10-12-7-5-11(9-14)6-8-12/h5-8H,3-4,9-10H2,1-2H3. The van der Waals surface area contributed by atoms with Crippen LogP contribution in [0.3, 0.4) is 0 Å². The van der Waals surface area contributed by atoms with Crippen molar-refractivity contribution in [2.24, 2.45) is 0 Å². The minimum absolute atomic E-state index is 0.267. The Morgan fingerprint density at radius 3 is 2.18 bits per heavy atom. The van der Waals surface area contributed by atoms with Crippen molar-refractivity contribution in [2.75, 3.05) is 13.1 Å². The van der Waals surface area contributed by atoms with Crippen LogP contribution in [0.25, 0.3) is 0 Å². The summed E-state index contributed by atoms with van der Waals surface area (Å²) in [6.45, 7) is 5.50. The van der Waals surface area contributed by atoms with Gasteiger partial charge in [-0.1, -0.05) is 24.3 Å². The summed E-state index contributed by atoms with van der Waals surface area (Å²) in [7, 11) is 0. The molecule has 0 aliphatic heterocycles. The lowest BCUT2D eigenvalue weighted by Crippen LogP contribution is -2.30. The number of amides is 1. The van der Waals surface area contributed by atoms with Crippen molar-refractivity contribution in [3.05, 3.63) is 35.4 Å². The van der Waals surface area contributed by atoms with Gasteiger partial charge in [0, 0.05) is 19.0 Å². The minimum Gasteiger partial charge on any atom is -0.445 e. The Hall–Kier alpha value is -1.22. The number of benzene rings is 1. The SMILES string of the molecule is CCN(CC)C(=O)OCc1ccc(CCl)cc1. The summed E-state index contributed by atoms with van der Waals surface area (Å²) >= 11 is 5.69. The molecule has 4 heteroatoms. The highest BCUT2D eigenvalue weighted by Gasteiger charge is 2.10. The van der Waals surface area contributed by atoms with Gasteiger partial charge in [-0.2, -0.15) is 0 Å². The summed E-state index contributed by atoms with van der Waals surface area (Å²) < 4.78 is 5.20. The zero-order valence-electron chi connectivity index (χ0n) is 10.3. The third-order valence-corrected chi connectivity index (χ3v) is 2.87. The van der Waals surface area contributed by atoms with E-state index in [0.29, 0.717) is 25.6 Å². The van der Waals surface area contributed by atoms with Gasteiger partial charge in [0.1, 0.15) is 6.61 Å². The van der Waals surface area contributed by atoms with Crippen molar-refractivity contribution in [1.29, 1.82) is 0 Å². The molecule has 0 unspecified atom stereocenters. The van der Waals surface area contributed by atoms with Crippen molar-refractivity contribution >= 4 is 17.7 Å². The number of hydrogen-bond donors (Lipinski definition) is 0. The molecule has 0 bridgehead atoms. The third-order valence-electron chi connectivity index (χ3n) is 2.56. The van der Waals surface area contributed by atoms with Gasteiger partial charge in [0.05, 0.1) is 0 Å². The van der Waals surface area contributed by atoms with Crippen LogP contribution in [-0.2, 0) is 17.2 Å². The van der Waals surface area contributed by atoms with Crippen LogP contribution in [0.15, 0.2) is 24.3 Å². The van der Waals surface area contributed by atoms with Gasteiger partial charge in [0.2, 0.25) is 0 Å². The molecule has 0 aromatic heterocycles. The largest absolute Gasteiger partial charge is 0.445 e. The molecule has 0 N–H and O–H groups in total. The van der Waals surface area contributed by atoms with Crippen LogP contribution in [0.1, 0.15) is 25.0 Å². The number of carbonyl (C=O) groups excluding carboxylic acids is 1. The van der Waals surface area contributed by atoms with Crippen LogP contribution in [0, 0.1) is 0 Å². The first-order valence-corrected chi connectivity index (χ1v) is 6.30. The second kappa shape index (κ2) is 7.17. The van der Waals surface area contributed by atoms with E-state index in [2.05, 4.69) is 0 Å². The van der Waals surface area contributed by atoms with Crippen molar-refractivity contribution in [1.82, 2.24) is 4.90 Å². The second-order valence-electron chi connectivity index (χ2n) is 3.68. The van der Waals surface area contributed by atoms with E-state index < -0.39 is 0 Å². The molecule has 3 nitrogen and oxygen atoms in total. The Morgan fingerprint density at radius 1 is 1.18 bits per heavy atom. The van der Waals surface area contributed by atoms with Gasteiger partial charge < -0.3 is 9.64 Å². The molecule has 1 aromatic carbocycles. The fraction of sp³-hybridized carbons (Fsp3) is 0.462. The van der Waals surface area contributed by atoms with Crippen LogP contribution in [0.4, 0.5) is 4.79 Å². The van der Waals surface area contributed by atoms with Gasteiger partial charge in [0.25, 0.3) is 0 Å². The molecule has 0 atom stereocenters. The molecule has 1 rings (SSSR count). The summed E-state index contributed by atoms with van der Waals surface area (Å²) in [5, 5.41) is 0. The molecule has 0 saturated carbocycles. The molecule has 0 aliphatic rings. The maximum Gasteiger partial charge on any atom is 0.410 e. The molecule has 1 aromatic rings. The minimum atomic E-state index is -0.267. The molecule has 0 heterocycles. The second-order valence-corrected chi connectivity index (χ2v) is 3.94. The highest BCUT2D eigenvalue weighted by molar-refractivity contribution is 6.17. The topological polar surface area (TPSA) is 29.5 Å². The lowest BCUT2D eigenvalue weighted by molar-refractivity contribution is 0.0999. The van der Waals surface area contributed by atoms with Crippen molar-refractivity contribution < 1.29 is 9.53 Å². The number of nitrogens with zero attached hydrogens (tertiary/aromatic N) is 1. The van der Waals surface area contributed by atoms with E-state index in [1.807, 2.05) is 38.1 Å². The number of ether oxygens (including phenoxy) is 1. The van der Waals surface area contributed by atoms with E-state index in [1.54, 1.807) is 4.90 Å². The zero-order chi connectivity index (χ0) is 12.7. The zero-order valence-corrected chi connectivity index (χ0v) is 11.0. The number of rotatable bonds is 5. The van der Waals surface area contributed by atoms with E-state index >= 15 is 0 Å². The molecule has 0 radical (unpaired) electrons. The summed E-state index contributed by atoms with van der Waals surface area (Å²) in [5.41, 5.74) is 2.03. The average Bonchev–Trinajstić information content (AvgIpc) is 2.38. The van der Waals surface area contributed by atoms with Crippen LogP contribution >= 0.6 is 11.6 Å². The van der Waals surface area contributed by atoms with Crippen molar-refractivity contribution in [2.45, 2.75) is 26.3 Å². The van der Waals surface area contributed by atoms with E-state index in [1.165, 1.54) is 0 Å². The highest BCUT2D eigenvalue weighted by atomic mass is 35.5. The molecule has 0 saturated heterocycles. The number of hydrogen-bond acceptors (Lipinski definition) is 2. The Kier molecular flexibility index (Phi) is 5.84. The van der Waals surface area contributed by atoms with Crippen LogP contribution < -0.4 is 0 Å². The summed E-state index contributed by atoms with van der Waals surface area (Å²) in [6, 6.07) is 7.72. The molecule has 0 fully saturated rings. The summed E-state index contributed by atoms with van der Waals surface area (Å²) in [6.07, 6.45) is -0.267. The Balaban J connectivity index is 2.46. The Labute approximate surface area is 107 Å². The smallest absolute Gasteiger partial charge is 0.410 e. The van der Waals surface area contributed by atoms with Gasteiger partial charge in [-0.3, -0.25) is 0 Å². The molecular weight excluding hydrogens is 238 g/mol. The molecule has 94 valence electrons. The van der Waals surface area contributed by atoms with Crippen molar-refractivity contribution in [3.8, 4) is 0 Å². The fourth-order valence-electron chi connectivity index (χ4n) is 1.44. The third kappa shape index (κ3) is 4.27. The lowest BCUT2D eigenvalue weighted by atomic mass is 10.2. The normalized spacial score (nSPS) is 10.1. The van der Waals surface area contributed by atoms with E-state index in [9.17, 15) is 4.79 Å². The first kappa shape index (κ1) is 13.8. The van der Waals surface area contributed by atoms with Crippen LogP contribution in [0.2, 0.25) is 0 Å². The summed E-state index contributed by atoms with van der Waals surface area (Å²) in [4.78, 5) is 13.2. The number of carbonyl (C=O) groups is 1. The van der Waals surface area contributed by atoms with E-state index in [0.717, 1.165) is 11.1 Å². The van der Waals surface area contributed by atoms with Crippen LogP contribution in [0.5, 0.6) is 0 Å². The summed E-state index contributed by atoms with van der Waals surface area (Å²) in [5.74, 6) is 0.500. The molecule has 0 aliphatic carbocycles. The monoisotopic (exact) mass is 255 g/mol. The maximum absolute atomic E-state index is 11.6. The predicted octanol–water partition coefficient (Wildman–Crippen LogP) is 3.40. The Morgan fingerprint density at radius 2 is 1.71 bits per heavy atom. The molecule has 1 amide bonds. The first-order valence-electron chi connectivity index (χ1n) is 5.76. The number of alkyl halides is 1. The van der Waals surface area contributed by atoms with Gasteiger partial charge in [0.15, 0.2) is 0 Å². The van der Waals surface area contributed by atoms with E-state index in [-0.39, 0.29) is 6.09 Å². The van der Waals surface area contributed by atoms with Gasteiger partial charge in [-0.15, -0.1) is 11.6 Å². The molecule has 17 heavy (non-hydrogen) atoms. The first-order chi connectivity index (χ1) is 8.21. The average molecular weight is 256 g/mol. The molecular formula is C13H18ClNO2. The van der Waals surface area contributed by atoms with E-state index in [4.69, 9.17) is 16.3 Å². The predicted molar refractivity (Wildman–Crippen MR) is 69.1 cm³/mol. The highest BCUT2D eigenvalue weighted by Crippen LogP contribution is 2.08. The maximum atomic E-state index is 11.6. The molecule has 0 spiro atoms. The Bertz CT molecular complexity index is 347. The lowest BCUT2D eigenvalue weighted by Gasteiger charge is -2.18. The van der Waals surface area contributed by atoms with Crippen molar-refractivity contribution in [3.63, 3.8) is 0 Å². The van der Waals surface area contributed by atoms with Gasteiger partial charge >= 0.3 is 6.09 Å². The number of halogens is 1. The van der Waals surface area contributed by atoms with Gasteiger partial charge in [-0.05, 0) is 25.0 Å². The fourth-order valence-corrected chi connectivity index (χ4v) is 1.62. The quantitative estimate of drug-likeness (QED) is 0.755. The van der Waals surface area contributed by atoms with Crippen LogP contribution in [-0.4, -0.2) is 24.1 Å². The van der Waals surface area contributed by atoms with Gasteiger partial charge in [-0.25, -0.2) is 4.79 Å².